The summed E-state index contributed by atoms with van der Waals surface area (Å²) >= 11 is 0. The van der Waals surface area contributed by atoms with Crippen LogP contribution in [0.25, 0.3) is 0 Å². The Hall–Kier alpha value is -2.47. The van der Waals surface area contributed by atoms with Crippen molar-refractivity contribution >= 4 is 23.3 Å². The van der Waals surface area contributed by atoms with Crippen LogP contribution in [0.15, 0.2) is 35.9 Å². The number of nitrogens with zero attached hydrogens (tertiary/aromatic N) is 2. The first-order chi connectivity index (χ1) is 14.0. The maximum atomic E-state index is 13.8. The summed E-state index contributed by atoms with van der Waals surface area (Å²) in [4.78, 5) is 43.3. The van der Waals surface area contributed by atoms with Gasteiger partial charge in [0, 0.05) is 38.0 Å². The summed E-state index contributed by atoms with van der Waals surface area (Å²) in [5.41, 5.74) is 2.22. The van der Waals surface area contributed by atoms with Gasteiger partial charge >= 0.3 is 0 Å². The molecule has 0 aromatic heterocycles. The second-order valence-electron chi connectivity index (χ2n) is 9.05. The average molecular weight is 392 g/mol. The van der Waals surface area contributed by atoms with Crippen LogP contribution in [0.5, 0.6) is 0 Å². The van der Waals surface area contributed by atoms with Crippen LogP contribution in [-0.2, 0) is 24.5 Å². The number of ketones is 1. The largest absolute Gasteiger partial charge is 0.373 e. The highest BCUT2D eigenvalue weighted by atomic mass is 16.5. The van der Waals surface area contributed by atoms with Gasteiger partial charge < -0.3 is 14.5 Å². The van der Waals surface area contributed by atoms with Gasteiger partial charge in [0.15, 0.2) is 0 Å². The summed E-state index contributed by atoms with van der Waals surface area (Å²) in [5, 5.41) is 0. The van der Waals surface area contributed by atoms with E-state index >= 15 is 0 Å². The molecule has 7 rings (SSSR count). The van der Waals surface area contributed by atoms with Gasteiger partial charge in [0.2, 0.25) is 11.8 Å². The zero-order valence-corrected chi connectivity index (χ0v) is 16.5. The molecular weight excluding hydrogens is 368 g/mol. The lowest BCUT2D eigenvalue weighted by atomic mass is 9.55. The van der Waals surface area contributed by atoms with Gasteiger partial charge in [-0.3, -0.25) is 14.4 Å². The van der Waals surface area contributed by atoms with Gasteiger partial charge in [0.05, 0.1) is 30.6 Å². The molecule has 6 nitrogen and oxygen atoms in total. The molecule has 5 aliphatic heterocycles. The van der Waals surface area contributed by atoms with Crippen LogP contribution in [0.2, 0.25) is 0 Å². The standard InChI is InChI=1S/C23H24N2O4/c1-13(26)24-8-7-23-16-4-2-3-5-17(16)25-20(28)11-18-21(22(23)25)15(10-19(23)27)14(12-24)6-9-29-18/h2-6,15,18,21-22H,7-12H2,1H3/t15-,18+,21+,22+,23+/m0/s1. The van der Waals surface area contributed by atoms with Crippen molar-refractivity contribution in [3.63, 3.8) is 0 Å². The molecule has 5 atom stereocenters. The monoisotopic (exact) mass is 392 g/mol. The van der Waals surface area contributed by atoms with Crippen LogP contribution >= 0.6 is 0 Å². The lowest BCUT2D eigenvalue weighted by molar-refractivity contribution is -0.140. The van der Waals surface area contributed by atoms with Crippen molar-refractivity contribution in [1.29, 1.82) is 0 Å². The number of para-hydroxylation sites is 1. The summed E-state index contributed by atoms with van der Waals surface area (Å²) in [6.07, 6.45) is 3.26. The van der Waals surface area contributed by atoms with Crippen LogP contribution in [-0.4, -0.2) is 54.3 Å². The molecular formula is C23H24N2O4. The van der Waals surface area contributed by atoms with Gasteiger partial charge in [0.1, 0.15) is 5.78 Å². The van der Waals surface area contributed by atoms with Crippen molar-refractivity contribution < 1.29 is 19.1 Å². The highest BCUT2D eigenvalue weighted by Gasteiger charge is 2.67. The SMILES string of the molecule is CC(=O)N1CC[C@]23C(=O)C[C@H]4C(=CCO[C@@H]5CC(=O)N(c6ccccc62)[C@@H]3[C@@H]54)C1. The number of ether oxygens (including phenoxy) is 1. The van der Waals surface area contributed by atoms with Crippen LogP contribution in [0.4, 0.5) is 5.69 Å². The third-order valence-corrected chi connectivity index (χ3v) is 7.96. The van der Waals surface area contributed by atoms with E-state index in [2.05, 4.69) is 6.08 Å². The van der Waals surface area contributed by atoms with E-state index in [1.54, 1.807) is 6.92 Å². The lowest BCUT2D eigenvalue weighted by Gasteiger charge is -2.53. The van der Waals surface area contributed by atoms with Crippen LogP contribution in [0.3, 0.4) is 0 Å². The Morgan fingerprint density at radius 1 is 1.21 bits per heavy atom. The molecule has 0 N–H and O–H groups in total. The molecule has 5 heterocycles. The van der Waals surface area contributed by atoms with Crippen molar-refractivity contribution in [2.24, 2.45) is 11.8 Å². The highest BCUT2D eigenvalue weighted by Crippen LogP contribution is 2.60. The summed E-state index contributed by atoms with van der Waals surface area (Å²) < 4.78 is 6.17. The van der Waals surface area contributed by atoms with Gasteiger partial charge in [-0.2, -0.15) is 0 Å². The molecule has 29 heavy (non-hydrogen) atoms. The number of fused-ring (bicyclic) bond motifs is 6. The van der Waals surface area contributed by atoms with E-state index < -0.39 is 5.41 Å². The molecule has 150 valence electrons. The Balaban J connectivity index is 1.63. The van der Waals surface area contributed by atoms with E-state index in [1.807, 2.05) is 34.1 Å². The molecule has 1 aromatic carbocycles. The molecule has 1 spiro atoms. The van der Waals surface area contributed by atoms with Crippen molar-refractivity contribution in [3.05, 3.63) is 41.5 Å². The number of Topliss-reactive ketones (excluding diaryl/α,β-unsaturated/α-hetero) is 1. The summed E-state index contributed by atoms with van der Waals surface area (Å²) in [6.45, 7) is 3.11. The number of amides is 2. The Kier molecular flexibility index (Phi) is 3.47. The molecule has 2 amide bonds. The Morgan fingerprint density at radius 2 is 2.03 bits per heavy atom. The fourth-order valence-corrected chi connectivity index (χ4v) is 6.76. The fourth-order valence-electron chi connectivity index (χ4n) is 6.76. The Bertz CT molecular complexity index is 985. The Morgan fingerprint density at radius 3 is 2.86 bits per heavy atom. The van der Waals surface area contributed by atoms with E-state index in [4.69, 9.17) is 4.74 Å². The third-order valence-electron chi connectivity index (χ3n) is 7.96. The molecule has 1 aromatic rings. The molecule has 6 heteroatoms. The topological polar surface area (TPSA) is 66.9 Å². The van der Waals surface area contributed by atoms with Gasteiger partial charge in [-0.25, -0.2) is 0 Å². The molecule has 0 unspecified atom stereocenters. The highest BCUT2D eigenvalue weighted by molar-refractivity contribution is 6.06. The van der Waals surface area contributed by atoms with E-state index in [9.17, 15) is 14.4 Å². The molecule has 4 bridgehead atoms. The fraction of sp³-hybridized carbons (Fsp3) is 0.522. The number of carbonyl (C=O) groups excluding carboxylic acids is 3. The zero-order valence-electron chi connectivity index (χ0n) is 16.5. The second kappa shape index (κ2) is 5.79. The van der Waals surface area contributed by atoms with E-state index in [-0.39, 0.29) is 41.6 Å². The van der Waals surface area contributed by atoms with Gasteiger partial charge in [-0.05, 0) is 29.5 Å². The van der Waals surface area contributed by atoms with Gasteiger partial charge in [-0.15, -0.1) is 0 Å². The lowest BCUT2D eigenvalue weighted by Crippen LogP contribution is -2.66. The smallest absolute Gasteiger partial charge is 0.229 e. The first-order valence-corrected chi connectivity index (χ1v) is 10.5. The second-order valence-corrected chi connectivity index (χ2v) is 9.05. The van der Waals surface area contributed by atoms with Crippen molar-refractivity contribution in [2.75, 3.05) is 24.6 Å². The van der Waals surface area contributed by atoms with Crippen LogP contribution in [0, 0.1) is 11.8 Å². The molecule has 0 radical (unpaired) electrons. The number of piperidine rings is 1. The Labute approximate surface area is 169 Å². The van der Waals surface area contributed by atoms with Gasteiger partial charge in [0.25, 0.3) is 0 Å². The van der Waals surface area contributed by atoms with E-state index in [0.717, 1.165) is 16.8 Å². The summed E-state index contributed by atoms with van der Waals surface area (Å²) in [7, 11) is 0. The van der Waals surface area contributed by atoms with Crippen molar-refractivity contribution in [3.8, 4) is 0 Å². The van der Waals surface area contributed by atoms with Crippen molar-refractivity contribution in [1.82, 2.24) is 4.90 Å². The minimum absolute atomic E-state index is 0.0259. The predicted molar refractivity (Wildman–Crippen MR) is 105 cm³/mol. The third kappa shape index (κ3) is 2.08. The maximum absolute atomic E-state index is 13.8. The minimum Gasteiger partial charge on any atom is -0.373 e. The van der Waals surface area contributed by atoms with E-state index in [0.29, 0.717) is 39.0 Å². The molecule has 4 fully saturated rings. The van der Waals surface area contributed by atoms with Crippen molar-refractivity contribution in [2.45, 2.75) is 43.7 Å². The maximum Gasteiger partial charge on any atom is 0.229 e. The molecule has 1 saturated carbocycles. The number of rotatable bonds is 0. The normalized spacial score (nSPS) is 37.3. The molecule has 1 aliphatic carbocycles. The number of anilines is 1. The van der Waals surface area contributed by atoms with Crippen LogP contribution < -0.4 is 4.90 Å². The zero-order chi connectivity index (χ0) is 19.9. The number of benzene rings is 1. The number of hydrogen-bond acceptors (Lipinski definition) is 4. The number of hydrogen-bond donors (Lipinski definition) is 0. The van der Waals surface area contributed by atoms with E-state index in [1.165, 1.54) is 0 Å². The summed E-state index contributed by atoms with van der Waals surface area (Å²) in [6, 6.07) is 7.66. The molecule has 6 aliphatic rings. The van der Waals surface area contributed by atoms with Crippen LogP contribution in [0.1, 0.15) is 31.7 Å². The van der Waals surface area contributed by atoms with Gasteiger partial charge in [-0.1, -0.05) is 24.3 Å². The first kappa shape index (κ1) is 17.4. The first-order valence-electron chi connectivity index (χ1n) is 10.5. The number of carbonyl (C=O) groups is 3. The minimum atomic E-state index is -0.747. The molecule has 3 saturated heterocycles. The predicted octanol–water partition coefficient (Wildman–Crippen LogP) is 1.83. The average Bonchev–Trinajstić information content (AvgIpc) is 2.95. The summed E-state index contributed by atoms with van der Waals surface area (Å²) in [5.74, 6) is 0.395. The quantitative estimate of drug-likeness (QED) is 0.632.